The summed E-state index contributed by atoms with van der Waals surface area (Å²) in [6.07, 6.45) is 1.43. The highest BCUT2D eigenvalue weighted by molar-refractivity contribution is 6.01. The minimum atomic E-state index is -0.454. The van der Waals surface area contributed by atoms with Crippen LogP contribution in [0.3, 0.4) is 0 Å². The van der Waals surface area contributed by atoms with E-state index < -0.39 is 11.7 Å². The van der Waals surface area contributed by atoms with E-state index in [1.54, 1.807) is 17.9 Å². The zero-order chi connectivity index (χ0) is 19.2. The summed E-state index contributed by atoms with van der Waals surface area (Å²) in [6.45, 7) is 2.20. The van der Waals surface area contributed by atoms with Crippen molar-refractivity contribution in [1.29, 1.82) is 0 Å². The topological polar surface area (TPSA) is 71.0 Å². The second-order valence-electron chi connectivity index (χ2n) is 6.18. The summed E-state index contributed by atoms with van der Waals surface area (Å²) in [5.41, 5.74) is 4.64. The number of hydrogen-bond acceptors (Lipinski definition) is 4. The standard InChI is InChI=1S/C20H20FN3O3/c1-14(15-5-2-7-17(11-15)24-10-4-9-20(24)26)22-23-19(25)13-27-18-8-3-6-16(21)12-18/h2-3,5-8,11-12H,4,9-10,13H2,1H3,(H,23,25)/b22-14-. The number of carbonyl (C=O) groups is 2. The summed E-state index contributed by atoms with van der Waals surface area (Å²) < 4.78 is 18.3. The van der Waals surface area contributed by atoms with Gasteiger partial charge in [-0.15, -0.1) is 0 Å². The molecule has 1 aliphatic rings. The Kier molecular flexibility index (Phi) is 5.80. The number of nitrogens with zero attached hydrogens (tertiary/aromatic N) is 2. The largest absolute Gasteiger partial charge is 0.484 e. The number of ether oxygens (including phenoxy) is 1. The van der Waals surface area contributed by atoms with Gasteiger partial charge in [-0.05, 0) is 43.2 Å². The Morgan fingerprint density at radius 3 is 2.81 bits per heavy atom. The Morgan fingerprint density at radius 2 is 2.07 bits per heavy atom. The van der Waals surface area contributed by atoms with Gasteiger partial charge in [-0.3, -0.25) is 9.59 Å². The third-order valence-electron chi connectivity index (χ3n) is 4.16. The van der Waals surface area contributed by atoms with Gasteiger partial charge >= 0.3 is 0 Å². The predicted molar refractivity (Wildman–Crippen MR) is 100 cm³/mol. The number of benzene rings is 2. The number of anilines is 1. The Labute approximate surface area is 156 Å². The maximum Gasteiger partial charge on any atom is 0.277 e. The zero-order valence-corrected chi connectivity index (χ0v) is 14.9. The van der Waals surface area contributed by atoms with Gasteiger partial charge in [0, 0.05) is 24.7 Å². The van der Waals surface area contributed by atoms with E-state index in [0.29, 0.717) is 18.7 Å². The summed E-state index contributed by atoms with van der Waals surface area (Å²) in [6, 6.07) is 13.0. The lowest BCUT2D eigenvalue weighted by Crippen LogP contribution is -2.26. The summed E-state index contributed by atoms with van der Waals surface area (Å²) in [5.74, 6) is -0.499. The summed E-state index contributed by atoms with van der Waals surface area (Å²) in [5, 5.41) is 4.07. The fourth-order valence-electron chi connectivity index (χ4n) is 2.77. The summed E-state index contributed by atoms with van der Waals surface area (Å²) in [7, 11) is 0. The van der Waals surface area contributed by atoms with Crippen LogP contribution in [0.2, 0.25) is 0 Å². The first-order valence-electron chi connectivity index (χ1n) is 8.65. The molecule has 6 nitrogen and oxygen atoms in total. The molecule has 0 atom stereocenters. The van der Waals surface area contributed by atoms with Crippen LogP contribution in [0.1, 0.15) is 25.3 Å². The van der Waals surface area contributed by atoms with E-state index in [9.17, 15) is 14.0 Å². The van der Waals surface area contributed by atoms with Crippen LogP contribution in [0.25, 0.3) is 0 Å². The molecule has 0 spiro atoms. The van der Waals surface area contributed by atoms with Gasteiger partial charge in [-0.2, -0.15) is 5.10 Å². The molecule has 2 aromatic carbocycles. The molecule has 0 aliphatic carbocycles. The molecule has 2 aromatic rings. The molecule has 1 fully saturated rings. The van der Waals surface area contributed by atoms with Gasteiger partial charge in [-0.1, -0.05) is 18.2 Å². The molecule has 0 bridgehead atoms. The first kappa shape index (κ1) is 18.6. The number of carbonyl (C=O) groups excluding carboxylic acids is 2. The normalized spacial score (nSPS) is 14.4. The first-order valence-corrected chi connectivity index (χ1v) is 8.65. The van der Waals surface area contributed by atoms with E-state index in [4.69, 9.17) is 4.74 Å². The van der Waals surface area contributed by atoms with E-state index in [0.717, 1.165) is 17.7 Å². The second kappa shape index (κ2) is 8.44. The van der Waals surface area contributed by atoms with Gasteiger partial charge < -0.3 is 9.64 Å². The maximum absolute atomic E-state index is 13.1. The van der Waals surface area contributed by atoms with Crippen molar-refractivity contribution in [2.24, 2.45) is 5.10 Å². The molecule has 7 heteroatoms. The van der Waals surface area contributed by atoms with Crippen molar-refractivity contribution in [2.75, 3.05) is 18.1 Å². The monoisotopic (exact) mass is 369 g/mol. The van der Waals surface area contributed by atoms with Crippen LogP contribution >= 0.6 is 0 Å². The highest BCUT2D eigenvalue weighted by Crippen LogP contribution is 2.22. The summed E-state index contributed by atoms with van der Waals surface area (Å²) >= 11 is 0. The average Bonchev–Trinajstić information content (AvgIpc) is 3.10. The van der Waals surface area contributed by atoms with Crippen molar-refractivity contribution >= 4 is 23.2 Å². The average molecular weight is 369 g/mol. The van der Waals surface area contributed by atoms with Crippen molar-refractivity contribution < 1.29 is 18.7 Å². The van der Waals surface area contributed by atoms with Crippen LogP contribution < -0.4 is 15.1 Å². The van der Waals surface area contributed by atoms with Crippen LogP contribution in [0.15, 0.2) is 53.6 Å². The molecule has 0 unspecified atom stereocenters. The maximum atomic E-state index is 13.1. The number of halogens is 1. The first-order chi connectivity index (χ1) is 13.0. The molecule has 27 heavy (non-hydrogen) atoms. The van der Waals surface area contributed by atoms with Gasteiger partial charge in [0.2, 0.25) is 5.91 Å². The van der Waals surface area contributed by atoms with Crippen molar-refractivity contribution in [3.05, 3.63) is 59.9 Å². The number of rotatable bonds is 6. The van der Waals surface area contributed by atoms with Crippen LogP contribution in [0, 0.1) is 5.82 Å². The highest BCUT2D eigenvalue weighted by Gasteiger charge is 2.21. The Bertz CT molecular complexity index is 882. The smallest absolute Gasteiger partial charge is 0.277 e. The lowest BCUT2D eigenvalue weighted by Gasteiger charge is -2.16. The lowest BCUT2D eigenvalue weighted by molar-refractivity contribution is -0.123. The summed E-state index contributed by atoms with van der Waals surface area (Å²) in [4.78, 5) is 25.5. The van der Waals surface area contributed by atoms with Gasteiger partial charge in [0.05, 0.1) is 5.71 Å². The fourth-order valence-corrected chi connectivity index (χ4v) is 2.77. The third kappa shape index (κ3) is 4.91. The Hall–Kier alpha value is -3.22. The van der Waals surface area contributed by atoms with Gasteiger partial charge in [0.1, 0.15) is 11.6 Å². The molecule has 0 saturated carbocycles. The van der Waals surface area contributed by atoms with E-state index in [-0.39, 0.29) is 18.3 Å². The number of nitrogens with one attached hydrogen (secondary N) is 1. The minimum absolute atomic E-state index is 0.115. The fraction of sp³-hybridized carbons (Fsp3) is 0.250. The van der Waals surface area contributed by atoms with Crippen molar-refractivity contribution in [3.8, 4) is 5.75 Å². The molecule has 140 valence electrons. The molecule has 1 aliphatic heterocycles. The molecule has 1 N–H and O–H groups in total. The van der Waals surface area contributed by atoms with Gasteiger partial charge in [0.25, 0.3) is 5.91 Å². The van der Waals surface area contributed by atoms with E-state index >= 15 is 0 Å². The Morgan fingerprint density at radius 1 is 1.26 bits per heavy atom. The number of hydrogen-bond donors (Lipinski definition) is 1. The van der Waals surface area contributed by atoms with E-state index in [1.807, 2.05) is 24.3 Å². The zero-order valence-electron chi connectivity index (χ0n) is 14.9. The van der Waals surface area contributed by atoms with Crippen LogP contribution in [-0.2, 0) is 9.59 Å². The molecule has 0 radical (unpaired) electrons. The Balaban J connectivity index is 1.58. The van der Waals surface area contributed by atoms with Crippen LogP contribution in [-0.4, -0.2) is 30.7 Å². The molecular weight excluding hydrogens is 349 g/mol. The molecule has 1 saturated heterocycles. The van der Waals surface area contributed by atoms with Crippen molar-refractivity contribution in [3.63, 3.8) is 0 Å². The molecular formula is C20H20FN3O3. The number of amides is 2. The third-order valence-corrected chi connectivity index (χ3v) is 4.16. The minimum Gasteiger partial charge on any atom is -0.484 e. The van der Waals surface area contributed by atoms with E-state index in [2.05, 4.69) is 10.5 Å². The molecule has 1 heterocycles. The second-order valence-corrected chi connectivity index (χ2v) is 6.18. The highest BCUT2D eigenvalue weighted by atomic mass is 19.1. The molecule has 2 amide bonds. The molecule has 0 aromatic heterocycles. The quantitative estimate of drug-likeness (QED) is 0.629. The van der Waals surface area contributed by atoms with Crippen molar-refractivity contribution in [2.45, 2.75) is 19.8 Å². The SMILES string of the molecule is C/C(=N/NC(=O)COc1cccc(F)c1)c1cccc(N2CCCC2=O)c1. The van der Waals surface area contributed by atoms with Crippen molar-refractivity contribution in [1.82, 2.24) is 5.43 Å². The molecule has 3 rings (SSSR count). The number of hydrazone groups is 1. The lowest BCUT2D eigenvalue weighted by atomic mass is 10.1. The predicted octanol–water partition coefficient (Wildman–Crippen LogP) is 2.87. The van der Waals surface area contributed by atoms with Gasteiger partial charge in [-0.25, -0.2) is 9.82 Å². The van der Waals surface area contributed by atoms with Crippen LogP contribution in [0.4, 0.5) is 10.1 Å². The van der Waals surface area contributed by atoms with Gasteiger partial charge in [0.15, 0.2) is 6.61 Å². The van der Waals surface area contributed by atoms with Crippen LogP contribution in [0.5, 0.6) is 5.75 Å². The van der Waals surface area contributed by atoms with E-state index in [1.165, 1.54) is 18.2 Å².